The third-order valence-electron chi connectivity index (χ3n) is 8.28. The predicted molar refractivity (Wildman–Crippen MR) is 150 cm³/mol. The molecule has 2 fully saturated rings. The third-order valence-corrected chi connectivity index (χ3v) is 8.28. The van der Waals surface area contributed by atoms with Crippen molar-refractivity contribution < 1.29 is 14.3 Å². The second kappa shape index (κ2) is 12.4. The lowest BCUT2D eigenvalue weighted by molar-refractivity contribution is 0.0259. The minimum absolute atomic E-state index is 0.0666. The fourth-order valence-corrected chi connectivity index (χ4v) is 6.18. The van der Waals surface area contributed by atoms with Crippen molar-refractivity contribution in [2.45, 2.75) is 69.6 Å². The van der Waals surface area contributed by atoms with E-state index < -0.39 is 0 Å². The maximum atomic E-state index is 13.3. The second-order valence-electron chi connectivity index (χ2n) is 10.8. The molecule has 5 heteroatoms. The zero-order valence-electron chi connectivity index (χ0n) is 22.1. The van der Waals surface area contributed by atoms with Gasteiger partial charge in [-0.25, -0.2) is 4.79 Å². The Kier molecular flexibility index (Phi) is 8.54. The van der Waals surface area contributed by atoms with Gasteiger partial charge in [-0.15, -0.1) is 0 Å². The van der Waals surface area contributed by atoms with E-state index in [0.717, 1.165) is 37.7 Å². The molecule has 1 aliphatic carbocycles. The number of esters is 1. The minimum Gasteiger partial charge on any atom is -0.457 e. The molecule has 2 aliphatic rings. The first-order valence-corrected chi connectivity index (χ1v) is 14.0. The van der Waals surface area contributed by atoms with E-state index in [9.17, 15) is 9.59 Å². The number of amides is 1. The summed E-state index contributed by atoms with van der Waals surface area (Å²) in [5.41, 5.74) is 3.37. The van der Waals surface area contributed by atoms with Crippen LogP contribution in [-0.2, 0) is 17.8 Å². The standard InChI is InChI=1S/C33H38N2O3/c36-31(30-17-9-8-16-28(30)25-38-32(37)27-14-6-2-7-15-27)34-29-18-20-33(21-19-29,35-22-10-3-11-23-35)24-26-12-4-1-5-13-26/h1-2,4-9,12-17,29H,3,10-11,18-25H2,(H,34,36). The Balaban J connectivity index is 1.22. The number of nitrogens with one attached hydrogen (secondary N) is 1. The lowest BCUT2D eigenvalue weighted by Gasteiger charge is -2.50. The Hall–Kier alpha value is -3.44. The van der Waals surface area contributed by atoms with Crippen molar-refractivity contribution in [1.82, 2.24) is 10.2 Å². The van der Waals surface area contributed by atoms with Gasteiger partial charge in [-0.2, -0.15) is 0 Å². The van der Waals surface area contributed by atoms with Gasteiger partial charge in [0.2, 0.25) is 0 Å². The number of carbonyl (C=O) groups is 2. The van der Waals surface area contributed by atoms with E-state index in [2.05, 4.69) is 40.5 Å². The smallest absolute Gasteiger partial charge is 0.338 e. The van der Waals surface area contributed by atoms with Crippen LogP contribution in [0.3, 0.4) is 0 Å². The predicted octanol–water partition coefficient (Wildman–Crippen LogP) is 6.18. The van der Waals surface area contributed by atoms with Crippen LogP contribution in [0, 0.1) is 0 Å². The first kappa shape index (κ1) is 26.2. The molecule has 3 aromatic rings. The first-order chi connectivity index (χ1) is 18.6. The maximum absolute atomic E-state index is 13.3. The van der Waals surface area contributed by atoms with Gasteiger partial charge in [-0.05, 0) is 81.8 Å². The minimum atomic E-state index is -0.388. The summed E-state index contributed by atoms with van der Waals surface area (Å²) in [5.74, 6) is -0.476. The van der Waals surface area contributed by atoms with Crippen LogP contribution in [0.5, 0.6) is 0 Å². The number of ether oxygens (including phenoxy) is 1. The normalized spacial score (nSPS) is 21.9. The molecule has 0 spiro atoms. The molecular formula is C33H38N2O3. The number of rotatable bonds is 8. The van der Waals surface area contributed by atoms with Crippen molar-refractivity contribution in [2.75, 3.05) is 13.1 Å². The average Bonchev–Trinajstić information content (AvgIpc) is 2.98. The van der Waals surface area contributed by atoms with E-state index in [1.165, 1.54) is 37.9 Å². The average molecular weight is 511 g/mol. The number of likely N-dealkylation sites (tertiary alicyclic amines) is 1. The molecule has 38 heavy (non-hydrogen) atoms. The van der Waals surface area contributed by atoms with Gasteiger partial charge in [0.1, 0.15) is 6.61 Å². The largest absolute Gasteiger partial charge is 0.457 e. The lowest BCUT2D eigenvalue weighted by Crippen LogP contribution is -2.56. The summed E-state index contributed by atoms with van der Waals surface area (Å²) < 4.78 is 5.52. The third kappa shape index (κ3) is 6.33. The topological polar surface area (TPSA) is 58.6 Å². The Morgan fingerprint density at radius 3 is 2.16 bits per heavy atom. The number of hydrogen-bond acceptors (Lipinski definition) is 4. The van der Waals surface area contributed by atoms with Crippen LogP contribution in [0.25, 0.3) is 0 Å². The summed E-state index contributed by atoms with van der Waals surface area (Å²) in [6.07, 6.45) is 9.08. The van der Waals surface area contributed by atoms with Crippen molar-refractivity contribution in [2.24, 2.45) is 0 Å². The number of piperidine rings is 1. The zero-order chi connectivity index (χ0) is 26.2. The molecule has 5 rings (SSSR count). The highest BCUT2D eigenvalue weighted by atomic mass is 16.5. The van der Waals surface area contributed by atoms with Gasteiger partial charge in [-0.3, -0.25) is 9.69 Å². The van der Waals surface area contributed by atoms with E-state index in [1.807, 2.05) is 42.5 Å². The van der Waals surface area contributed by atoms with Gasteiger partial charge in [-0.1, -0.05) is 73.2 Å². The maximum Gasteiger partial charge on any atom is 0.338 e. The highest BCUT2D eigenvalue weighted by molar-refractivity contribution is 5.96. The van der Waals surface area contributed by atoms with Gasteiger partial charge in [0.25, 0.3) is 5.91 Å². The van der Waals surface area contributed by atoms with Gasteiger partial charge in [0, 0.05) is 22.7 Å². The number of nitrogens with zero attached hydrogens (tertiary/aromatic N) is 1. The summed E-state index contributed by atoms with van der Waals surface area (Å²) >= 11 is 0. The second-order valence-corrected chi connectivity index (χ2v) is 10.8. The van der Waals surface area contributed by atoms with Crippen molar-refractivity contribution in [3.05, 3.63) is 107 Å². The Labute approximate surface area is 226 Å². The van der Waals surface area contributed by atoms with Crippen LogP contribution in [-0.4, -0.2) is 41.4 Å². The van der Waals surface area contributed by atoms with Crippen molar-refractivity contribution in [3.8, 4) is 0 Å². The number of carbonyl (C=O) groups excluding carboxylic acids is 2. The monoisotopic (exact) mass is 510 g/mol. The van der Waals surface area contributed by atoms with Crippen molar-refractivity contribution in [1.29, 1.82) is 0 Å². The summed E-state index contributed by atoms with van der Waals surface area (Å²) in [7, 11) is 0. The van der Waals surface area contributed by atoms with E-state index in [0.29, 0.717) is 11.1 Å². The fourth-order valence-electron chi connectivity index (χ4n) is 6.18. The fraction of sp³-hybridized carbons (Fsp3) is 0.394. The molecular weight excluding hydrogens is 472 g/mol. The highest BCUT2D eigenvalue weighted by Crippen LogP contribution is 2.38. The molecule has 0 unspecified atom stereocenters. The van der Waals surface area contributed by atoms with Crippen LogP contribution in [0.1, 0.15) is 76.8 Å². The van der Waals surface area contributed by atoms with Crippen LogP contribution in [0.2, 0.25) is 0 Å². The van der Waals surface area contributed by atoms with Crippen molar-refractivity contribution in [3.63, 3.8) is 0 Å². The molecule has 1 heterocycles. The van der Waals surface area contributed by atoms with Crippen LogP contribution in [0.4, 0.5) is 0 Å². The molecule has 198 valence electrons. The number of hydrogen-bond donors (Lipinski definition) is 1. The van der Waals surface area contributed by atoms with E-state index in [4.69, 9.17) is 4.74 Å². The van der Waals surface area contributed by atoms with Crippen molar-refractivity contribution >= 4 is 11.9 Å². The molecule has 1 saturated carbocycles. The highest BCUT2D eigenvalue weighted by Gasteiger charge is 2.41. The molecule has 0 radical (unpaired) electrons. The van der Waals surface area contributed by atoms with Gasteiger partial charge in [0.15, 0.2) is 0 Å². The SMILES string of the molecule is O=C(OCc1ccccc1C(=O)NC1CCC(Cc2ccccc2)(N2CCCCC2)CC1)c1ccccc1. The van der Waals surface area contributed by atoms with E-state index >= 15 is 0 Å². The lowest BCUT2D eigenvalue weighted by atomic mass is 9.73. The van der Waals surface area contributed by atoms with E-state index in [-0.39, 0.29) is 30.1 Å². The first-order valence-electron chi connectivity index (χ1n) is 14.0. The summed E-state index contributed by atoms with van der Waals surface area (Å²) in [5, 5.41) is 3.30. The molecule has 0 aromatic heterocycles. The molecule has 5 nitrogen and oxygen atoms in total. The Morgan fingerprint density at radius 1 is 0.816 bits per heavy atom. The summed E-state index contributed by atoms with van der Waals surface area (Å²) in [6, 6.07) is 27.4. The molecule has 3 aromatic carbocycles. The van der Waals surface area contributed by atoms with E-state index in [1.54, 1.807) is 12.1 Å². The van der Waals surface area contributed by atoms with Gasteiger partial charge in [0.05, 0.1) is 5.56 Å². The quantitative estimate of drug-likeness (QED) is 0.368. The summed E-state index contributed by atoms with van der Waals surface area (Å²) in [4.78, 5) is 28.5. The molecule has 0 atom stereocenters. The Bertz CT molecular complexity index is 1200. The molecule has 1 aliphatic heterocycles. The molecule has 1 amide bonds. The van der Waals surface area contributed by atoms with Crippen LogP contribution in [0.15, 0.2) is 84.9 Å². The number of benzene rings is 3. The zero-order valence-corrected chi connectivity index (χ0v) is 22.1. The molecule has 0 bridgehead atoms. The van der Waals surface area contributed by atoms with Gasteiger partial charge >= 0.3 is 5.97 Å². The van der Waals surface area contributed by atoms with Crippen LogP contribution >= 0.6 is 0 Å². The summed E-state index contributed by atoms with van der Waals surface area (Å²) in [6.45, 7) is 2.43. The Morgan fingerprint density at radius 2 is 1.45 bits per heavy atom. The molecule has 1 saturated heterocycles. The van der Waals surface area contributed by atoms with Gasteiger partial charge < -0.3 is 10.1 Å². The van der Waals surface area contributed by atoms with Crippen LogP contribution < -0.4 is 5.32 Å². The molecule has 1 N–H and O–H groups in total.